The smallest absolute Gasteiger partial charge is 0.410 e. The number of carbonyl (C=O) groups is 1. The van der Waals surface area contributed by atoms with Crippen LogP contribution < -0.4 is 0 Å². The minimum Gasteiger partial charge on any atom is -0.444 e. The molecule has 1 rings (SSSR count). The van der Waals surface area contributed by atoms with Crippen LogP contribution in [0.4, 0.5) is 4.79 Å². The summed E-state index contributed by atoms with van der Waals surface area (Å²) >= 11 is 0. The summed E-state index contributed by atoms with van der Waals surface area (Å²) in [7, 11) is -1.92. The van der Waals surface area contributed by atoms with E-state index in [1.807, 2.05) is 20.8 Å². The third-order valence-corrected chi connectivity index (χ3v) is 8.84. The number of hydrogen-bond acceptors (Lipinski definition) is 4. The molecule has 22 heavy (non-hydrogen) atoms. The van der Waals surface area contributed by atoms with Crippen LogP contribution in [0.5, 0.6) is 0 Å². The Morgan fingerprint density at radius 1 is 1.14 bits per heavy atom. The number of likely N-dealkylation sites (tertiary alicyclic amines) is 1. The maximum absolute atomic E-state index is 12.2. The number of ether oxygens (including phenoxy) is 1. The molecule has 0 aromatic rings. The second kappa shape index (κ2) is 6.49. The van der Waals surface area contributed by atoms with Crippen LogP contribution in [-0.2, 0) is 9.16 Å². The zero-order chi connectivity index (χ0) is 17.3. The van der Waals surface area contributed by atoms with E-state index in [0.29, 0.717) is 19.5 Å². The standard InChI is InChI=1S/C16H33NO4Si/c1-15(2,3)20-14(19)17-10-12(18)9-13(11-17)21-22(7,8)16(4,5)6/h12-13,18H,9-11H2,1-8H3/t12-,13-/m1/s1. The van der Waals surface area contributed by atoms with Crippen LogP contribution in [0.3, 0.4) is 0 Å². The number of hydrogen-bond donors (Lipinski definition) is 1. The molecule has 1 N–H and O–H groups in total. The lowest BCUT2D eigenvalue weighted by Crippen LogP contribution is -2.54. The molecule has 1 fully saturated rings. The van der Waals surface area contributed by atoms with Gasteiger partial charge in [-0.1, -0.05) is 20.8 Å². The lowest BCUT2D eigenvalue weighted by molar-refractivity contribution is -0.0261. The highest BCUT2D eigenvalue weighted by Gasteiger charge is 2.41. The number of aliphatic hydroxyl groups is 1. The molecular formula is C16H33NO4Si. The van der Waals surface area contributed by atoms with E-state index >= 15 is 0 Å². The van der Waals surface area contributed by atoms with Gasteiger partial charge >= 0.3 is 6.09 Å². The van der Waals surface area contributed by atoms with Gasteiger partial charge in [0.15, 0.2) is 8.32 Å². The van der Waals surface area contributed by atoms with Crippen molar-refractivity contribution < 1.29 is 19.1 Å². The van der Waals surface area contributed by atoms with Gasteiger partial charge in [-0.2, -0.15) is 0 Å². The van der Waals surface area contributed by atoms with Gasteiger partial charge in [0.2, 0.25) is 0 Å². The molecule has 1 amide bonds. The predicted molar refractivity (Wildman–Crippen MR) is 90.5 cm³/mol. The van der Waals surface area contributed by atoms with Gasteiger partial charge in [0.25, 0.3) is 0 Å². The lowest BCUT2D eigenvalue weighted by atomic mass is 10.1. The van der Waals surface area contributed by atoms with Crippen molar-refractivity contribution in [2.75, 3.05) is 13.1 Å². The van der Waals surface area contributed by atoms with E-state index < -0.39 is 20.0 Å². The first kappa shape index (κ1) is 19.5. The highest BCUT2D eigenvalue weighted by atomic mass is 28.4. The number of aliphatic hydroxyl groups excluding tert-OH is 1. The molecule has 0 bridgehead atoms. The van der Waals surface area contributed by atoms with Gasteiger partial charge in [-0.05, 0) is 38.9 Å². The normalized spacial score (nSPS) is 24.3. The molecule has 2 atom stereocenters. The molecule has 1 aliphatic heterocycles. The largest absolute Gasteiger partial charge is 0.444 e. The van der Waals surface area contributed by atoms with Crippen LogP contribution in [0.15, 0.2) is 0 Å². The average molecular weight is 332 g/mol. The van der Waals surface area contributed by atoms with Crippen LogP contribution in [0.25, 0.3) is 0 Å². The molecule has 1 aliphatic rings. The Kier molecular flexibility index (Phi) is 5.74. The molecule has 1 heterocycles. The highest BCUT2D eigenvalue weighted by molar-refractivity contribution is 6.74. The Morgan fingerprint density at radius 2 is 1.68 bits per heavy atom. The summed E-state index contributed by atoms with van der Waals surface area (Å²) in [5.74, 6) is 0. The van der Waals surface area contributed by atoms with Crippen molar-refractivity contribution in [2.45, 2.75) is 83.9 Å². The van der Waals surface area contributed by atoms with E-state index in [4.69, 9.17) is 9.16 Å². The third kappa shape index (κ3) is 5.55. The lowest BCUT2D eigenvalue weighted by Gasteiger charge is -2.43. The second-order valence-electron chi connectivity index (χ2n) is 8.78. The van der Waals surface area contributed by atoms with Crippen LogP contribution >= 0.6 is 0 Å². The van der Waals surface area contributed by atoms with E-state index in [2.05, 4.69) is 33.9 Å². The SMILES string of the molecule is CC(C)(C)OC(=O)N1C[C@H](O)C[C@@H](O[Si](C)(C)C(C)(C)C)C1. The van der Waals surface area contributed by atoms with Crippen LogP contribution in [0, 0.1) is 0 Å². The molecule has 6 heteroatoms. The van der Waals surface area contributed by atoms with Crippen molar-refractivity contribution in [2.24, 2.45) is 0 Å². The number of piperidine rings is 1. The fourth-order valence-corrected chi connectivity index (χ4v) is 3.54. The first-order valence-electron chi connectivity index (χ1n) is 8.05. The van der Waals surface area contributed by atoms with Crippen molar-refractivity contribution in [3.05, 3.63) is 0 Å². The number of rotatable bonds is 2. The fraction of sp³-hybridized carbons (Fsp3) is 0.938. The molecule has 0 saturated carbocycles. The molecule has 0 unspecified atom stereocenters. The van der Waals surface area contributed by atoms with Crippen molar-refractivity contribution in [1.29, 1.82) is 0 Å². The van der Waals surface area contributed by atoms with Crippen LogP contribution in [0.2, 0.25) is 18.1 Å². The van der Waals surface area contributed by atoms with Gasteiger partial charge in [0, 0.05) is 13.0 Å². The Labute approximate surface area is 136 Å². The summed E-state index contributed by atoms with van der Waals surface area (Å²) in [6.45, 7) is 17.2. The van der Waals surface area contributed by atoms with Gasteiger partial charge in [-0.15, -0.1) is 0 Å². The van der Waals surface area contributed by atoms with Crippen molar-refractivity contribution in [1.82, 2.24) is 4.90 Å². The maximum Gasteiger partial charge on any atom is 0.410 e. The Balaban J connectivity index is 2.74. The summed E-state index contributed by atoms with van der Waals surface area (Å²) in [6.07, 6.45) is -0.491. The average Bonchev–Trinajstić information content (AvgIpc) is 2.23. The molecule has 1 saturated heterocycles. The Hall–Kier alpha value is -0.593. The first-order chi connectivity index (χ1) is 9.71. The highest BCUT2D eigenvalue weighted by Crippen LogP contribution is 2.38. The molecule has 0 radical (unpaired) electrons. The van der Waals surface area contributed by atoms with E-state index in [1.165, 1.54) is 0 Å². The van der Waals surface area contributed by atoms with Gasteiger partial charge in [0.05, 0.1) is 18.8 Å². The van der Waals surface area contributed by atoms with Gasteiger partial charge < -0.3 is 19.2 Å². The summed E-state index contributed by atoms with van der Waals surface area (Å²) < 4.78 is 11.8. The fourth-order valence-electron chi connectivity index (χ4n) is 2.18. The topological polar surface area (TPSA) is 59.0 Å². The Morgan fingerprint density at radius 3 is 2.14 bits per heavy atom. The number of β-amino-alcohol motifs (C(OH)–C–C–N with tert-alkyl or cyclic N) is 1. The Bertz CT molecular complexity index is 398. The van der Waals surface area contributed by atoms with Gasteiger partial charge in [-0.25, -0.2) is 4.79 Å². The van der Waals surface area contributed by atoms with Crippen molar-refractivity contribution >= 4 is 14.4 Å². The number of nitrogens with zero attached hydrogens (tertiary/aromatic N) is 1. The van der Waals surface area contributed by atoms with Gasteiger partial charge in [0.1, 0.15) is 5.60 Å². The summed E-state index contributed by atoms with van der Waals surface area (Å²) in [5, 5.41) is 10.2. The number of amides is 1. The molecule has 0 spiro atoms. The molecule has 0 aliphatic carbocycles. The van der Waals surface area contributed by atoms with E-state index in [1.54, 1.807) is 4.90 Å². The summed E-state index contributed by atoms with van der Waals surface area (Å²) in [4.78, 5) is 13.8. The van der Waals surface area contributed by atoms with E-state index in [0.717, 1.165) is 0 Å². The molecule has 0 aromatic carbocycles. The van der Waals surface area contributed by atoms with Crippen LogP contribution in [-0.4, -0.2) is 55.3 Å². The zero-order valence-corrected chi connectivity index (χ0v) is 16.4. The second-order valence-corrected chi connectivity index (χ2v) is 13.5. The maximum atomic E-state index is 12.2. The van der Waals surface area contributed by atoms with E-state index in [9.17, 15) is 9.90 Å². The zero-order valence-electron chi connectivity index (χ0n) is 15.4. The van der Waals surface area contributed by atoms with Crippen LogP contribution in [0.1, 0.15) is 48.0 Å². The molecule has 130 valence electrons. The molecular weight excluding hydrogens is 298 g/mol. The summed E-state index contributed by atoms with van der Waals surface area (Å²) in [6, 6.07) is 0. The minimum absolute atomic E-state index is 0.103. The number of carbonyl (C=O) groups excluding carboxylic acids is 1. The monoisotopic (exact) mass is 331 g/mol. The van der Waals surface area contributed by atoms with Crippen molar-refractivity contribution in [3.8, 4) is 0 Å². The first-order valence-corrected chi connectivity index (χ1v) is 11.0. The molecule has 0 aromatic heterocycles. The summed E-state index contributed by atoms with van der Waals surface area (Å²) in [5.41, 5.74) is -0.532. The predicted octanol–water partition coefficient (Wildman–Crippen LogP) is 3.38. The quantitative estimate of drug-likeness (QED) is 0.788. The van der Waals surface area contributed by atoms with Gasteiger partial charge in [-0.3, -0.25) is 0 Å². The molecule has 5 nitrogen and oxygen atoms in total. The third-order valence-electron chi connectivity index (χ3n) is 4.31. The van der Waals surface area contributed by atoms with Crippen molar-refractivity contribution in [3.63, 3.8) is 0 Å². The van der Waals surface area contributed by atoms with E-state index in [-0.39, 0.29) is 17.2 Å². The minimum atomic E-state index is -1.92.